The largest absolute Gasteiger partial charge is 0.467 e. The normalized spacial score (nSPS) is 11.2. The molecule has 2 aromatic carbocycles. The Bertz CT molecular complexity index is 1060. The topological polar surface area (TPSA) is 49.1 Å². The number of nitrogens with zero attached hydrogens (tertiary/aromatic N) is 3. The highest BCUT2D eigenvalue weighted by Crippen LogP contribution is 2.25. The number of aromatic nitrogens is 3. The van der Waals surface area contributed by atoms with Crippen LogP contribution < -0.4 is 10.4 Å². The van der Waals surface area contributed by atoms with Crippen LogP contribution in [0.5, 0.6) is 6.01 Å². The molecule has 5 nitrogen and oxygen atoms in total. The van der Waals surface area contributed by atoms with E-state index in [1.165, 1.54) is 16.4 Å². The summed E-state index contributed by atoms with van der Waals surface area (Å²) in [6.07, 6.45) is 0. The zero-order valence-corrected chi connectivity index (χ0v) is 15.1. The Labute approximate surface area is 146 Å². The summed E-state index contributed by atoms with van der Waals surface area (Å²) in [5.41, 5.74) is 1.31. The summed E-state index contributed by atoms with van der Waals surface area (Å²) in [7, 11) is 3.11. The van der Waals surface area contributed by atoms with Crippen molar-refractivity contribution < 1.29 is 4.74 Å². The van der Waals surface area contributed by atoms with Crippen molar-refractivity contribution in [3.8, 4) is 23.5 Å². The second-order valence-electron chi connectivity index (χ2n) is 6.94. The quantitative estimate of drug-likeness (QED) is 0.676. The summed E-state index contributed by atoms with van der Waals surface area (Å²) in [5, 5.41) is 6.07. The Morgan fingerprint density at radius 3 is 2.60 bits per heavy atom. The number of rotatable bonds is 2. The second kappa shape index (κ2) is 6.14. The maximum atomic E-state index is 12.5. The molecule has 0 N–H and O–H groups in total. The molecule has 0 saturated heterocycles. The van der Waals surface area contributed by atoms with Crippen LogP contribution in [0.4, 0.5) is 0 Å². The third-order valence-corrected chi connectivity index (χ3v) is 3.76. The van der Waals surface area contributed by atoms with Gasteiger partial charge in [0.15, 0.2) is 0 Å². The first-order chi connectivity index (χ1) is 11.8. The number of aryl methyl sites for hydroxylation is 1. The van der Waals surface area contributed by atoms with Crippen molar-refractivity contribution in [3.05, 3.63) is 52.4 Å². The van der Waals surface area contributed by atoms with Gasteiger partial charge in [0.05, 0.1) is 12.8 Å². The molecule has 1 heterocycles. The molecular weight excluding hydrogens is 314 g/mol. The van der Waals surface area contributed by atoms with Gasteiger partial charge in [-0.25, -0.2) is 14.0 Å². The Morgan fingerprint density at radius 2 is 1.92 bits per heavy atom. The zero-order valence-electron chi connectivity index (χ0n) is 15.1. The predicted octanol–water partition coefficient (Wildman–Crippen LogP) is 3.13. The molecule has 0 aliphatic rings. The molecule has 0 atom stereocenters. The van der Waals surface area contributed by atoms with E-state index < -0.39 is 0 Å². The van der Waals surface area contributed by atoms with Gasteiger partial charge in [0.1, 0.15) is 0 Å². The Morgan fingerprint density at radius 1 is 1.16 bits per heavy atom. The van der Waals surface area contributed by atoms with E-state index in [9.17, 15) is 4.79 Å². The molecule has 128 valence electrons. The van der Waals surface area contributed by atoms with E-state index >= 15 is 0 Å². The second-order valence-corrected chi connectivity index (χ2v) is 6.94. The first kappa shape index (κ1) is 16.8. The summed E-state index contributed by atoms with van der Waals surface area (Å²) in [6, 6.07) is 12.1. The summed E-state index contributed by atoms with van der Waals surface area (Å²) in [4.78, 5) is 12.5. The van der Waals surface area contributed by atoms with Crippen molar-refractivity contribution in [2.24, 2.45) is 12.5 Å². The van der Waals surface area contributed by atoms with Crippen molar-refractivity contribution in [2.45, 2.75) is 20.8 Å². The zero-order chi connectivity index (χ0) is 18.2. The van der Waals surface area contributed by atoms with Crippen LogP contribution in [-0.4, -0.2) is 21.5 Å². The molecule has 0 spiro atoms. The lowest BCUT2D eigenvalue weighted by atomic mass is 9.97. The third-order valence-electron chi connectivity index (χ3n) is 3.76. The number of methoxy groups -OCH3 is 1. The molecule has 0 unspecified atom stereocenters. The fraction of sp³-hybridized carbons (Fsp3) is 0.300. The minimum Gasteiger partial charge on any atom is -0.467 e. The molecule has 1 aromatic heterocycles. The van der Waals surface area contributed by atoms with E-state index in [1.54, 1.807) is 7.05 Å². The standard InChI is InChI=1S/C20H21N3O2/c1-20(2,3)12-11-14-9-10-15-7-6-8-17(16(15)13-14)23-18(25-5)21-22(4)19(23)24/h6-10,13H,1-5H3. The van der Waals surface area contributed by atoms with E-state index in [0.717, 1.165) is 22.0 Å². The van der Waals surface area contributed by atoms with Gasteiger partial charge in [-0.05, 0) is 44.4 Å². The van der Waals surface area contributed by atoms with E-state index in [2.05, 4.69) is 37.7 Å². The maximum absolute atomic E-state index is 12.5. The first-order valence-electron chi connectivity index (χ1n) is 8.06. The molecule has 0 aliphatic carbocycles. The van der Waals surface area contributed by atoms with Gasteiger partial charge in [0.25, 0.3) is 0 Å². The van der Waals surface area contributed by atoms with E-state index in [1.807, 2.05) is 36.4 Å². The van der Waals surface area contributed by atoms with Crippen LogP contribution in [0.25, 0.3) is 16.5 Å². The van der Waals surface area contributed by atoms with E-state index in [0.29, 0.717) is 0 Å². The molecule has 0 bridgehead atoms. The number of hydrogen-bond acceptors (Lipinski definition) is 3. The van der Waals surface area contributed by atoms with Crippen LogP contribution in [0, 0.1) is 17.3 Å². The van der Waals surface area contributed by atoms with Gasteiger partial charge >= 0.3 is 11.7 Å². The van der Waals surface area contributed by atoms with Crippen LogP contribution in [0.1, 0.15) is 26.3 Å². The molecule has 5 heteroatoms. The highest BCUT2D eigenvalue weighted by molar-refractivity contribution is 5.91. The Hall–Kier alpha value is -3.00. The van der Waals surface area contributed by atoms with Crippen molar-refractivity contribution in [3.63, 3.8) is 0 Å². The summed E-state index contributed by atoms with van der Waals surface area (Å²) in [5.74, 6) is 6.45. The van der Waals surface area contributed by atoms with Gasteiger partial charge in [-0.3, -0.25) is 0 Å². The fourth-order valence-corrected chi connectivity index (χ4v) is 2.57. The molecule has 0 saturated carbocycles. The van der Waals surface area contributed by atoms with Crippen LogP contribution in [0.3, 0.4) is 0 Å². The predicted molar refractivity (Wildman–Crippen MR) is 99.2 cm³/mol. The number of fused-ring (bicyclic) bond motifs is 1. The van der Waals surface area contributed by atoms with Gasteiger partial charge in [0.2, 0.25) is 0 Å². The fourth-order valence-electron chi connectivity index (χ4n) is 2.57. The van der Waals surface area contributed by atoms with Crippen molar-refractivity contribution in [1.82, 2.24) is 14.3 Å². The van der Waals surface area contributed by atoms with Gasteiger partial charge in [0, 0.05) is 23.4 Å². The van der Waals surface area contributed by atoms with Crippen molar-refractivity contribution in [2.75, 3.05) is 7.11 Å². The summed E-state index contributed by atoms with van der Waals surface area (Å²) < 4.78 is 8.02. The lowest BCUT2D eigenvalue weighted by molar-refractivity contribution is 0.369. The van der Waals surface area contributed by atoms with Gasteiger partial charge < -0.3 is 4.74 Å². The third kappa shape index (κ3) is 3.29. The van der Waals surface area contributed by atoms with Gasteiger partial charge in [-0.15, -0.1) is 5.10 Å². The molecule has 3 aromatic rings. The Kier molecular flexibility index (Phi) is 4.13. The summed E-state index contributed by atoms with van der Waals surface area (Å²) in [6.45, 7) is 6.23. The lowest BCUT2D eigenvalue weighted by Crippen LogP contribution is -2.21. The van der Waals surface area contributed by atoms with Crippen molar-refractivity contribution in [1.29, 1.82) is 0 Å². The number of benzene rings is 2. The molecule has 0 amide bonds. The highest BCUT2D eigenvalue weighted by atomic mass is 16.5. The molecule has 0 radical (unpaired) electrons. The number of ether oxygens (including phenoxy) is 1. The first-order valence-corrected chi connectivity index (χ1v) is 8.06. The minimum absolute atomic E-state index is 0.0714. The highest BCUT2D eigenvalue weighted by Gasteiger charge is 2.15. The maximum Gasteiger partial charge on any atom is 0.353 e. The molecule has 25 heavy (non-hydrogen) atoms. The van der Waals surface area contributed by atoms with E-state index in [4.69, 9.17) is 4.74 Å². The summed E-state index contributed by atoms with van der Waals surface area (Å²) >= 11 is 0. The Balaban J connectivity index is 2.26. The smallest absolute Gasteiger partial charge is 0.353 e. The molecule has 0 fully saturated rings. The van der Waals surface area contributed by atoms with E-state index in [-0.39, 0.29) is 17.1 Å². The molecular formula is C20H21N3O2. The van der Waals surface area contributed by atoms with Crippen LogP contribution in [-0.2, 0) is 7.05 Å². The average Bonchev–Trinajstić information content (AvgIpc) is 2.86. The monoisotopic (exact) mass is 335 g/mol. The average molecular weight is 335 g/mol. The van der Waals surface area contributed by atoms with Crippen LogP contribution >= 0.6 is 0 Å². The molecule has 3 rings (SSSR count). The SMILES string of the molecule is COc1nn(C)c(=O)n1-c1cccc2ccc(C#CC(C)(C)C)cc12. The van der Waals surface area contributed by atoms with Gasteiger partial charge in [-0.1, -0.05) is 30.0 Å². The van der Waals surface area contributed by atoms with Gasteiger partial charge in [-0.2, -0.15) is 0 Å². The van der Waals surface area contributed by atoms with Crippen molar-refractivity contribution >= 4 is 10.8 Å². The lowest BCUT2D eigenvalue weighted by Gasteiger charge is -2.09. The minimum atomic E-state index is -0.254. The van der Waals surface area contributed by atoms with Crippen LogP contribution in [0.15, 0.2) is 41.2 Å². The number of hydrogen-bond donors (Lipinski definition) is 0. The molecule has 0 aliphatic heterocycles. The van der Waals surface area contributed by atoms with Crippen LogP contribution in [0.2, 0.25) is 0 Å².